The number of alkyl halides is 2. The van der Waals surface area contributed by atoms with E-state index in [4.69, 9.17) is 8.83 Å². The molecule has 0 radical (unpaired) electrons. The van der Waals surface area contributed by atoms with E-state index in [1.807, 2.05) is 13.0 Å². The molecule has 0 atom stereocenters. The van der Waals surface area contributed by atoms with E-state index in [2.05, 4.69) is 20.5 Å². The number of aromatic nitrogens is 3. The summed E-state index contributed by atoms with van der Waals surface area (Å²) in [5.41, 5.74) is 1.50. The number of rotatable bonds is 9. The van der Waals surface area contributed by atoms with Gasteiger partial charge in [-0.15, -0.1) is 10.2 Å². The van der Waals surface area contributed by atoms with Gasteiger partial charge in [0.15, 0.2) is 0 Å². The van der Waals surface area contributed by atoms with Gasteiger partial charge >= 0.3 is 6.43 Å². The normalized spacial score (nSPS) is 11.8. The van der Waals surface area contributed by atoms with E-state index in [1.54, 1.807) is 25.1 Å². The van der Waals surface area contributed by atoms with Crippen LogP contribution in [0.4, 0.5) is 20.5 Å². The van der Waals surface area contributed by atoms with Gasteiger partial charge in [0.2, 0.25) is 15.8 Å². The first kappa shape index (κ1) is 20.7. The maximum atomic E-state index is 12.5. The van der Waals surface area contributed by atoms with Crippen molar-refractivity contribution in [1.82, 2.24) is 15.2 Å². The van der Waals surface area contributed by atoms with Crippen LogP contribution in [-0.4, -0.2) is 42.4 Å². The topological polar surface area (TPSA) is 114 Å². The van der Waals surface area contributed by atoms with Crippen LogP contribution in [-0.2, 0) is 10.0 Å². The molecule has 12 heteroatoms. The first-order valence-corrected chi connectivity index (χ1v) is 10.3. The van der Waals surface area contributed by atoms with E-state index in [9.17, 15) is 17.2 Å². The average Bonchev–Trinajstić information content (AvgIpc) is 3.34. The highest BCUT2D eigenvalue weighted by Crippen LogP contribution is 2.25. The lowest BCUT2D eigenvalue weighted by atomic mass is 10.2. The Hall–Kier alpha value is -3.02. The van der Waals surface area contributed by atoms with Crippen LogP contribution in [0.2, 0.25) is 0 Å². The molecular weight excluding hydrogens is 408 g/mol. The number of anilines is 2. The smallest absolute Gasteiger partial charge is 0.314 e. The Morgan fingerprint density at radius 1 is 1.24 bits per heavy atom. The molecule has 0 fully saturated rings. The monoisotopic (exact) mass is 427 g/mol. The van der Waals surface area contributed by atoms with Crippen molar-refractivity contribution in [3.63, 3.8) is 0 Å². The maximum absolute atomic E-state index is 12.5. The second-order valence-corrected chi connectivity index (χ2v) is 8.20. The molecule has 3 rings (SSSR count). The third-order valence-corrected chi connectivity index (χ3v) is 5.72. The van der Waals surface area contributed by atoms with Crippen molar-refractivity contribution < 1.29 is 26.0 Å². The summed E-state index contributed by atoms with van der Waals surface area (Å²) in [4.78, 5) is 3.95. The molecule has 0 saturated heterocycles. The lowest BCUT2D eigenvalue weighted by Gasteiger charge is -2.24. The molecule has 1 N–H and O–H groups in total. The van der Waals surface area contributed by atoms with Crippen LogP contribution >= 0.6 is 0 Å². The molecule has 29 heavy (non-hydrogen) atoms. The zero-order valence-electron chi connectivity index (χ0n) is 15.7. The van der Waals surface area contributed by atoms with Crippen LogP contribution in [0.3, 0.4) is 0 Å². The highest BCUT2D eigenvalue weighted by Gasteiger charge is 2.22. The van der Waals surface area contributed by atoms with Crippen LogP contribution in [0.15, 0.2) is 39.3 Å². The number of oxazole rings is 1. The molecule has 0 aliphatic carbocycles. The zero-order valence-corrected chi connectivity index (χ0v) is 16.5. The molecule has 156 valence electrons. The van der Waals surface area contributed by atoms with Crippen molar-refractivity contribution in [3.8, 4) is 11.7 Å². The Kier molecular flexibility index (Phi) is 6.11. The fourth-order valence-corrected chi connectivity index (χ4v) is 3.63. The first-order valence-electron chi connectivity index (χ1n) is 8.69. The highest BCUT2D eigenvalue weighted by atomic mass is 32.2. The number of halogens is 2. The van der Waals surface area contributed by atoms with Gasteiger partial charge in [-0.3, -0.25) is 4.31 Å². The van der Waals surface area contributed by atoms with E-state index < -0.39 is 22.3 Å². The third kappa shape index (κ3) is 4.88. The van der Waals surface area contributed by atoms with E-state index in [-0.39, 0.29) is 36.5 Å². The van der Waals surface area contributed by atoms with E-state index in [0.717, 1.165) is 5.56 Å². The van der Waals surface area contributed by atoms with Crippen LogP contribution in [0.25, 0.3) is 11.7 Å². The molecule has 0 amide bonds. The largest absolute Gasteiger partial charge is 0.418 e. The predicted octanol–water partition coefficient (Wildman–Crippen LogP) is 3.24. The Morgan fingerprint density at radius 3 is 2.69 bits per heavy atom. The maximum Gasteiger partial charge on any atom is 0.314 e. The minimum atomic E-state index is -3.49. The molecule has 1 aromatic carbocycles. The Labute approximate surface area is 165 Å². The molecule has 0 bridgehead atoms. The van der Waals surface area contributed by atoms with Crippen molar-refractivity contribution in [2.45, 2.75) is 20.3 Å². The molecule has 0 unspecified atom stereocenters. The van der Waals surface area contributed by atoms with E-state index in [1.165, 1.54) is 10.5 Å². The molecule has 9 nitrogen and oxygen atoms in total. The lowest BCUT2D eigenvalue weighted by Crippen LogP contribution is -2.36. The summed E-state index contributed by atoms with van der Waals surface area (Å²) in [5, 5.41) is 9.54. The lowest BCUT2D eigenvalue weighted by molar-refractivity contribution is 0.115. The Balaban J connectivity index is 1.68. The first-order chi connectivity index (χ1) is 13.8. The van der Waals surface area contributed by atoms with E-state index in [0.29, 0.717) is 5.69 Å². The van der Waals surface area contributed by atoms with Gasteiger partial charge in [-0.1, -0.05) is 12.1 Å². The molecular formula is C17H19F2N5O4S. The molecule has 0 saturated carbocycles. The summed E-state index contributed by atoms with van der Waals surface area (Å²) < 4.78 is 61.4. The number of aryl methyl sites for hydroxylation is 1. The van der Waals surface area contributed by atoms with Crippen LogP contribution in [0.5, 0.6) is 0 Å². The number of benzene rings is 1. The molecule has 2 aromatic heterocycles. The summed E-state index contributed by atoms with van der Waals surface area (Å²) in [7, 11) is -3.49. The standard InChI is InChI=1S/C17H19F2N5O4S/c1-3-29(25,26)24(12-6-4-5-11(2)9-12)8-7-20-17-21-10-13(27-17)15-22-23-16(28-15)14(18)19/h4-6,9-10,14H,3,7-8H2,1-2H3,(H,20,21). The van der Waals surface area contributed by atoms with Gasteiger partial charge < -0.3 is 14.2 Å². The van der Waals surface area contributed by atoms with Crippen molar-refractivity contribution in [1.29, 1.82) is 0 Å². The number of nitrogens with one attached hydrogen (secondary N) is 1. The van der Waals surface area contributed by atoms with Gasteiger partial charge in [0.25, 0.3) is 17.8 Å². The van der Waals surface area contributed by atoms with Crippen molar-refractivity contribution in [3.05, 3.63) is 41.9 Å². The zero-order chi connectivity index (χ0) is 21.0. The summed E-state index contributed by atoms with van der Waals surface area (Å²) in [5.74, 6) is -1.07. The minimum Gasteiger partial charge on any atom is -0.418 e. The van der Waals surface area contributed by atoms with Gasteiger partial charge in [0.1, 0.15) is 0 Å². The molecule has 0 aliphatic rings. The van der Waals surface area contributed by atoms with Gasteiger partial charge in [-0.25, -0.2) is 13.4 Å². The average molecular weight is 427 g/mol. The fraction of sp³-hybridized carbons (Fsp3) is 0.353. The van der Waals surface area contributed by atoms with Gasteiger partial charge in [-0.05, 0) is 31.5 Å². The highest BCUT2D eigenvalue weighted by molar-refractivity contribution is 7.92. The van der Waals surface area contributed by atoms with Gasteiger partial charge in [-0.2, -0.15) is 8.78 Å². The summed E-state index contributed by atoms with van der Waals surface area (Å²) in [6.45, 7) is 3.78. The molecule has 3 aromatic rings. The van der Waals surface area contributed by atoms with Crippen LogP contribution < -0.4 is 9.62 Å². The third-order valence-electron chi connectivity index (χ3n) is 3.93. The van der Waals surface area contributed by atoms with Gasteiger partial charge in [0, 0.05) is 6.54 Å². The number of hydrogen-bond donors (Lipinski definition) is 1. The summed E-state index contributed by atoms with van der Waals surface area (Å²) in [6.07, 6.45) is -1.64. The number of hydrogen-bond acceptors (Lipinski definition) is 8. The molecule has 0 aliphatic heterocycles. The molecule has 0 spiro atoms. The van der Waals surface area contributed by atoms with Crippen molar-refractivity contribution in [2.24, 2.45) is 0 Å². The fourth-order valence-electron chi connectivity index (χ4n) is 2.51. The quantitative estimate of drug-likeness (QED) is 0.554. The summed E-state index contributed by atoms with van der Waals surface area (Å²) >= 11 is 0. The summed E-state index contributed by atoms with van der Waals surface area (Å²) in [6, 6.07) is 7.24. The van der Waals surface area contributed by atoms with Crippen molar-refractivity contribution in [2.75, 3.05) is 28.5 Å². The Morgan fingerprint density at radius 2 is 2.03 bits per heavy atom. The number of nitrogens with zero attached hydrogens (tertiary/aromatic N) is 4. The van der Waals surface area contributed by atoms with Crippen LogP contribution in [0, 0.1) is 6.92 Å². The SMILES string of the molecule is CCS(=O)(=O)N(CCNc1ncc(-c2nnc(C(F)F)o2)o1)c1cccc(C)c1. The van der Waals surface area contributed by atoms with Crippen molar-refractivity contribution >= 4 is 21.7 Å². The molecule has 2 heterocycles. The van der Waals surface area contributed by atoms with E-state index >= 15 is 0 Å². The van der Waals surface area contributed by atoms with Gasteiger partial charge in [0.05, 0.1) is 24.2 Å². The predicted molar refractivity (Wildman–Crippen MR) is 101 cm³/mol. The Bertz CT molecular complexity index is 1070. The second-order valence-electron chi connectivity index (χ2n) is 6.01. The minimum absolute atomic E-state index is 0.0172. The van der Waals surface area contributed by atoms with Crippen LogP contribution in [0.1, 0.15) is 24.8 Å². The number of sulfonamides is 1. The second kappa shape index (κ2) is 8.55.